The van der Waals surface area contributed by atoms with Crippen LogP contribution in [0.25, 0.3) is 0 Å². The van der Waals surface area contributed by atoms with Crippen LogP contribution in [-0.2, 0) is 39.0 Å². The Bertz CT molecular complexity index is 1840. The number of aromatic hydroxyl groups is 2. The van der Waals surface area contributed by atoms with Crippen molar-refractivity contribution in [2.24, 2.45) is 5.16 Å². The topological polar surface area (TPSA) is 330 Å². The molecule has 0 saturated carbocycles. The molecule has 1 aliphatic rings. The first-order valence-electron chi connectivity index (χ1n) is 14.0. The van der Waals surface area contributed by atoms with E-state index in [-0.39, 0.29) is 16.4 Å². The summed E-state index contributed by atoms with van der Waals surface area (Å²) in [5.74, 6) is -6.00. The summed E-state index contributed by atoms with van der Waals surface area (Å²) >= 11 is 0.923. The van der Waals surface area contributed by atoms with Crippen molar-refractivity contribution in [1.82, 2.24) is 35.5 Å². The largest absolute Gasteiger partial charge is 0.504 e. The number of urea groups is 1. The van der Waals surface area contributed by atoms with E-state index in [0.717, 1.165) is 43.4 Å². The number of phenolic OH excluding ortho intramolecular Hbond substituents is 2. The van der Waals surface area contributed by atoms with Gasteiger partial charge in [0.15, 0.2) is 22.3 Å². The molecule has 272 valence electrons. The summed E-state index contributed by atoms with van der Waals surface area (Å²) in [6, 6.07) is -1.49. The van der Waals surface area contributed by atoms with Gasteiger partial charge in [0.2, 0.25) is 5.60 Å². The van der Waals surface area contributed by atoms with Crippen LogP contribution in [0.5, 0.6) is 11.5 Å². The quantitative estimate of drug-likeness (QED) is 0.0539. The molecular weight excluding hydrogens is 710 g/mol. The number of phenols is 2. The number of aliphatic carboxylic acids is 1. The number of alkyl carbamates (subject to hydrolysis) is 1. The Kier molecular flexibility index (Phi) is 11.4. The van der Waals surface area contributed by atoms with Crippen molar-refractivity contribution in [1.29, 1.82) is 0 Å². The fraction of sp³-hybridized carbons (Fsp3) is 0.385. The average Bonchev–Trinajstić information content (AvgIpc) is 3.42. The molecule has 1 saturated heterocycles. The van der Waals surface area contributed by atoms with Crippen LogP contribution in [-0.4, -0.2) is 98.9 Å². The number of hydrogen-bond acceptors (Lipinski definition) is 16. The normalized spacial score (nSPS) is 15.6. The number of carboxylic acids is 1. The summed E-state index contributed by atoms with van der Waals surface area (Å²) in [6.07, 6.45) is -1.11. The van der Waals surface area contributed by atoms with E-state index in [1.807, 2.05) is 0 Å². The number of thiazole rings is 1. The number of ether oxygens (including phenoxy) is 1. The summed E-state index contributed by atoms with van der Waals surface area (Å²) in [4.78, 5) is 85.7. The van der Waals surface area contributed by atoms with Crippen LogP contribution in [0.1, 0.15) is 51.9 Å². The van der Waals surface area contributed by atoms with Gasteiger partial charge in [0.1, 0.15) is 23.4 Å². The number of amides is 6. The molecule has 0 radical (unpaired) electrons. The summed E-state index contributed by atoms with van der Waals surface area (Å²) in [5, 5.41) is 38.1. The van der Waals surface area contributed by atoms with E-state index in [1.54, 1.807) is 10.3 Å². The van der Waals surface area contributed by atoms with E-state index in [0.29, 0.717) is 4.90 Å². The number of β-lactam (4-membered cyclic amide) rings is 1. The van der Waals surface area contributed by atoms with Gasteiger partial charge in [-0.1, -0.05) is 11.2 Å². The summed E-state index contributed by atoms with van der Waals surface area (Å²) in [6.45, 7) is 6.40. The molecule has 0 spiro atoms. The number of hydrazine groups is 1. The lowest BCUT2D eigenvalue weighted by atomic mass is 10.1. The number of benzene rings is 1. The third-order valence-corrected chi connectivity index (χ3v) is 7.61. The molecule has 1 aromatic heterocycles. The summed E-state index contributed by atoms with van der Waals surface area (Å²) < 4.78 is 31.7. The van der Waals surface area contributed by atoms with E-state index in [1.165, 1.54) is 30.9 Å². The third-order valence-electron chi connectivity index (χ3n) is 6.13. The SMILES string of the molecule is CC(C)(C)OC(=O)NC(C(=O)NNS(=O)(=O)NC(=O)N1C[C@H](NC(=O)C(=NOC(C)(C)C(=O)O)c2csc(N)n2)C1=O)c1ccc(O)c(O)c1. The number of rotatable bonds is 12. The zero-order chi connectivity index (χ0) is 37.8. The molecule has 10 N–H and O–H groups in total. The highest BCUT2D eigenvalue weighted by molar-refractivity contribution is 7.88. The van der Waals surface area contributed by atoms with Crippen LogP contribution in [0.4, 0.5) is 14.7 Å². The Morgan fingerprint density at radius 1 is 1.12 bits per heavy atom. The molecule has 0 aliphatic carbocycles. The molecule has 0 bridgehead atoms. The molecule has 3 rings (SSSR count). The number of hydrogen-bond donors (Lipinski definition) is 9. The van der Waals surface area contributed by atoms with Crippen molar-refractivity contribution in [2.75, 3.05) is 12.3 Å². The first kappa shape index (κ1) is 38.7. The van der Waals surface area contributed by atoms with E-state index < -0.39 is 93.1 Å². The molecule has 1 unspecified atom stereocenters. The van der Waals surface area contributed by atoms with Crippen molar-refractivity contribution in [2.45, 2.75) is 57.9 Å². The van der Waals surface area contributed by atoms with Gasteiger partial charge < -0.3 is 41.3 Å². The van der Waals surface area contributed by atoms with Gasteiger partial charge in [-0.25, -0.2) is 24.1 Å². The molecule has 2 aromatic rings. The Morgan fingerprint density at radius 2 is 1.78 bits per heavy atom. The second kappa shape index (κ2) is 14.8. The minimum atomic E-state index is -4.92. The predicted molar refractivity (Wildman–Crippen MR) is 170 cm³/mol. The number of likely N-dealkylation sites (tertiary alicyclic amines) is 1. The number of imide groups is 1. The van der Waals surface area contributed by atoms with Crippen LogP contribution >= 0.6 is 11.3 Å². The Balaban J connectivity index is 1.63. The maximum atomic E-state index is 12.9. The second-order valence-corrected chi connectivity index (χ2v) is 14.0. The number of nitrogens with one attached hydrogen (secondary N) is 5. The maximum Gasteiger partial charge on any atom is 0.408 e. The molecule has 2 atom stereocenters. The second-order valence-electron chi connectivity index (χ2n) is 11.7. The monoisotopic (exact) mass is 743 g/mol. The average molecular weight is 744 g/mol. The first-order valence-corrected chi connectivity index (χ1v) is 16.3. The molecule has 6 amide bonds. The first-order chi connectivity index (χ1) is 23.0. The number of carboxylic acid groups (broad SMARTS) is 1. The number of nitrogens with zero attached hydrogens (tertiary/aromatic N) is 3. The molecule has 1 aromatic carbocycles. The highest BCUT2D eigenvalue weighted by Gasteiger charge is 2.44. The Morgan fingerprint density at radius 3 is 2.32 bits per heavy atom. The minimum absolute atomic E-state index is 0.0287. The van der Waals surface area contributed by atoms with E-state index in [2.05, 4.69) is 20.8 Å². The summed E-state index contributed by atoms with van der Waals surface area (Å²) in [7, 11) is -4.92. The number of oxime groups is 1. The summed E-state index contributed by atoms with van der Waals surface area (Å²) in [5.41, 5.74) is 3.73. The third kappa shape index (κ3) is 10.1. The highest BCUT2D eigenvalue weighted by atomic mass is 32.2. The molecule has 22 nitrogen and oxygen atoms in total. The molecular formula is C26H33N9O13S2. The van der Waals surface area contributed by atoms with Gasteiger partial charge in [-0.2, -0.15) is 8.42 Å². The highest BCUT2D eigenvalue weighted by Crippen LogP contribution is 2.28. The predicted octanol–water partition coefficient (Wildman–Crippen LogP) is -1.11. The van der Waals surface area contributed by atoms with Gasteiger partial charge in [-0.15, -0.1) is 16.2 Å². The van der Waals surface area contributed by atoms with Crippen LogP contribution in [0.2, 0.25) is 0 Å². The number of nitrogens with two attached hydrogens (primary N) is 1. The lowest BCUT2D eigenvalue weighted by Gasteiger charge is -2.36. The Hall–Kier alpha value is -5.75. The maximum absolute atomic E-state index is 12.9. The van der Waals surface area contributed by atoms with Crippen molar-refractivity contribution in [3.8, 4) is 11.5 Å². The minimum Gasteiger partial charge on any atom is -0.504 e. The Labute approximate surface area is 287 Å². The smallest absolute Gasteiger partial charge is 0.408 e. The van der Waals surface area contributed by atoms with Gasteiger partial charge in [0, 0.05) is 5.38 Å². The number of carbonyl (C=O) groups is 6. The number of nitrogen functional groups attached to an aromatic ring is 1. The lowest BCUT2D eigenvalue weighted by Crippen LogP contribution is -2.68. The van der Waals surface area contributed by atoms with Crippen molar-refractivity contribution >= 4 is 68.2 Å². The van der Waals surface area contributed by atoms with Gasteiger partial charge in [-0.05, 0) is 52.3 Å². The van der Waals surface area contributed by atoms with Crippen LogP contribution in [0.3, 0.4) is 0 Å². The van der Waals surface area contributed by atoms with Gasteiger partial charge in [-0.3, -0.25) is 24.7 Å². The van der Waals surface area contributed by atoms with Gasteiger partial charge in [0.05, 0.1) is 6.54 Å². The van der Waals surface area contributed by atoms with Crippen molar-refractivity contribution in [3.05, 3.63) is 34.8 Å². The number of carbonyl (C=O) groups excluding carboxylic acids is 5. The molecule has 2 heterocycles. The lowest BCUT2D eigenvalue weighted by molar-refractivity contribution is -0.161. The van der Waals surface area contributed by atoms with E-state index >= 15 is 0 Å². The van der Waals surface area contributed by atoms with Gasteiger partial charge >= 0.3 is 28.3 Å². The number of aromatic nitrogens is 1. The van der Waals surface area contributed by atoms with Crippen LogP contribution < -0.4 is 31.3 Å². The van der Waals surface area contributed by atoms with Crippen molar-refractivity contribution < 1.29 is 62.1 Å². The molecule has 1 fully saturated rings. The zero-order valence-corrected chi connectivity index (χ0v) is 28.5. The molecule has 1 aliphatic heterocycles. The van der Waals surface area contributed by atoms with Gasteiger partial charge in [0.25, 0.3) is 17.7 Å². The fourth-order valence-electron chi connectivity index (χ4n) is 3.57. The standard InChI is InChI=1S/C26H33N9O13S2/c1-25(2,3)47-24(44)30-16(11-6-7-14(36)15(37)8-11)19(39)31-34-50(45,46)33-23(43)35-9-12(20(35)40)28-18(38)17(13-10-49-22(27)29-13)32-48-26(4,5)21(41)42/h6-8,10,12,16,34,36-37H,9H2,1-5H3,(H2,27,29)(H,28,38)(H,30,44)(H,31,39)(H,33,43)(H,41,42)/t12-,16?/m0/s1. The van der Waals surface area contributed by atoms with E-state index in [9.17, 15) is 52.5 Å². The van der Waals surface area contributed by atoms with Crippen molar-refractivity contribution in [3.63, 3.8) is 0 Å². The zero-order valence-electron chi connectivity index (χ0n) is 26.8. The van der Waals surface area contributed by atoms with Crippen LogP contribution in [0, 0.1) is 0 Å². The van der Waals surface area contributed by atoms with Crippen LogP contribution in [0.15, 0.2) is 28.7 Å². The fourth-order valence-corrected chi connectivity index (χ4v) is 4.75. The number of anilines is 1. The van der Waals surface area contributed by atoms with E-state index in [4.69, 9.17) is 15.3 Å². The molecule has 50 heavy (non-hydrogen) atoms. The molecule has 24 heteroatoms.